The smallest absolute Gasteiger partial charge is 0.315 e. The van der Waals surface area contributed by atoms with Crippen molar-refractivity contribution in [1.29, 1.82) is 0 Å². The van der Waals surface area contributed by atoms with Crippen molar-refractivity contribution in [2.45, 2.75) is 25.3 Å². The van der Waals surface area contributed by atoms with Gasteiger partial charge in [0, 0.05) is 36.2 Å². The molecule has 1 aliphatic heterocycles. The average Bonchev–Trinajstić information content (AvgIpc) is 3.16. The molecule has 25 heavy (non-hydrogen) atoms. The normalized spacial score (nSPS) is 15.0. The van der Waals surface area contributed by atoms with Gasteiger partial charge in [0.2, 0.25) is 0 Å². The quantitative estimate of drug-likeness (QED) is 0.832. The Hall–Kier alpha value is -2.21. The average molecular weight is 359 g/mol. The van der Waals surface area contributed by atoms with Crippen LogP contribution in [0.2, 0.25) is 0 Å². The Labute approximate surface area is 153 Å². The van der Waals surface area contributed by atoms with Gasteiger partial charge in [-0.1, -0.05) is 6.07 Å². The first-order chi connectivity index (χ1) is 12.2. The number of anilines is 1. The highest BCUT2D eigenvalue weighted by molar-refractivity contribution is 7.09. The minimum atomic E-state index is -0.0561. The van der Waals surface area contributed by atoms with Crippen LogP contribution in [0.15, 0.2) is 41.8 Å². The number of nitrogens with zero attached hydrogens (tertiary/aromatic N) is 1. The van der Waals surface area contributed by atoms with Gasteiger partial charge in [0.05, 0.1) is 7.11 Å². The van der Waals surface area contributed by atoms with Gasteiger partial charge in [0.25, 0.3) is 0 Å². The SMILES string of the molecule is COc1ccc(N2CCC(NC(=O)NCCc3cccs3)CC2)cc1. The van der Waals surface area contributed by atoms with Crippen LogP contribution in [0.4, 0.5) is 10.5 Å². The van der Waals surface area contributed by atoms with Crippen LogP contribution in [0.3, 0.4) is 0 Å². The zero-order valence-electron chi connectivity index (χ0n) is 14.5. The third-order valence-corrected chi connectivity index (χ3v) is 5.44. The van der Waals surface area contributed by atoms with E-state index in [1.165, 1.54) is 10.6 Å². The van der Waals surface area contributed by atoms with Crippen LogP contribution in [0.5, 0.6) is 5.75 Å². The number of thiophene rings is 1. The standard InChI is InChI=1S/C19H25N3O2S/c1-24-17-6-4-16(5-7-17)22-12-9-15(10-13-22)21-19(23)20-11-8-18-3-2-14-25-18/h2-7,14-15H,8-13H2,1H3,(H2,20,21,23). The number of ether oxygens (including phenoxy) is 1. The number of amides is 2. The summed E-state index contributed by atoms with van der Waals surface area (Å²) >= 11 is 1.73. The number of carbonyl (C=O) groups is 1. The molecule has 2 amide bonds. The molecule has 0 aliphatic carbocycles. The Balaban J connectivity index is 1.37. The van der Waals surface area contributed by atoms with E-state index >= 15 is 0 Å². The Morgan fingerprint density at radius 3 is 2.64 bits per heavy atom. The summed E-state index contributed by atoms with van der Waals surface area (Å²) in [4.78, 5) is 15.7. The number of nitrogens with one attached hydrogen (secondary N) is 2. The molecule has 1 aliphatic rings. The molecule has 0 saturated carbocycles. The number of piperidine rings is 1. The maximum Gasteiger partial charge on any atom is 0.315 e. The first-order valence-electron chi connectivity index (χ1n) is 8.70. The van der Waals surface area contributed by atoms with Gasteiger partial charge in [0.1, 0.15) is 5.75 Å². The molecule has 1 aromatic carbocycles. The van der Waals surface area contributed by atoms with Crippen LogP contribution in [0.25, 0.3) is 0 Å². The van der Waals surface area contributed by atoms with Gasteiger partial charge in [-0.05, 0) is 55.0 Å². The highest BCUT2D eigenvalue weighted by atomic mass is 32.1. The molecule has 5 nitrogen and oxygen atoms in total. The first-order valence-corrected chi connectivity index (χ1v) is 9.58. The fourth-order valence-electron chi connectivity index (χ4n) is 3.07. The molecule has 0 spiro atoms. The highest BCUT2D eigenvalue weighted by Gasteiger charge is 2.20. The second-order valence-electron chi connectivity index (χ2n) is 6.19. The van der Waals surface area contributed by atoms with Crippen molar-refractivity contribution in [3.8, 4) is 5.75 Å². The van der Waals surface area contributed by atoms with E-state index in [0.29, 0.717) is 6.54 Å². The van der Waals surface area contributed by atoms with E-state index < -0.39 is 0 Å². The van der Waals surface area contributed by atoms with Gasteiger partial charge < -0.3 is 20.3 Å². The number of carbonyl (C=O) groups excluding carboxylic acids is 1. The lowest BCUT2D eigenvalue weighted by molar-refractivity contribution is 0.234. The largest absolute Gasteiger partial charge is 0.497 e. The lowest BCUT2D eigenvalue weighted by Crippen LogP contribution is -2.48. The van der Waals surface area contributed by atoms with Crippen molar-refractivity contribution in [3.05, 3.63) is 46.7 Å². The van der Waals surface area contributed by atoms with Crippen LogP contribution >= 0.6 is 11.3 Å². The summed E-state index contributed by atoms with van der Waals surface area (Å²) in [6.07, 6.45) is 2.82. The number of hydrogen-bond donors (Lipinski definition) is 2. The molecule has 0 radical (unpaired) electrons. The Kier molecular flexibility index (Phi) is 6.17. The highest BCUT2D eigenvalue weighted by Crippen LogP contribution is 2.22. The maximum absolute atomic E-state index is 12.0. The molecule has 134 valence electrons. The minimum absolute atomic E-state index is 0.0561. The zero-order chi connectivity index (χ0) is 17.5. The lowest BCUT2D eigenvalue weighted by atomic mass is 10.0. The molecular weight excluding hydrogens is 334 g/mol. The van der Waals surface area contributed by atoms with Crippen LogP contribution in [0, 0.1) is 0 Å². The summed E-state index contributed by atoms with van der Waals surface area (Å²) in [6, 6.07) is 12.5. The molecule has 2 heterocycles. The molecular formula is C19H25N3O2S. The van der Waals surface area contributed by atoms with Gasteiger partial charge in [-0.3, -0.25) is 0 Å². The van der Waals surface area contributed by atoms with Crippen LogP contribution in [-0.4, -0.2) is 38.8 Å². The van der Waals surface area contributed by atoms with E-state index in [-0.39, 0.29) is 12.1 Å². The number of hydrogen-bond acceptors (Lipinski definition) is 4. The molecule has 6 heteroatoms. The van der Waals surface area contributed by atoms with E-state index in [4.69, 9.17) is 4.74 Å². The molecule has 0 unspecified atom stereocenters. The third kappa shape index (κ3) is 5.13. The van der Waals surface area contributed by atoms with Crippen molar-refractivity contribution in [1.82, 2.24) is 10.6 Å². The van der Waals surface area contributed by atoms with Crippen LogP contribution in [0.1, 0.15) is 17.7 Å². The number of urea groups is 1. The Morgan fingerprint density at radius 2 is 2.00 bits per heavy atom. The second kappa shape index (κ2) is 8.76. The molecule has 1 saturated heterocycles. The Bertz CT molecular complexity index is 650. The third-order valence-electron chi connectivity index (χ3n) is 4.50. The summed E-state index contributed by atoms with van der Waals surface area (Å²) in [7, 11) is 1.68. The van der Waals surface area contributed by atoms with Crippen molar-refractivity contribution < 1.29 is 9.53 Å². The van der Waals surface area contributed by atoms with Gasteiger partial charge in [-0.25, -0.2) is 4.79 Å². The van der Waals surface area contributed by atoms with E-state index in [2.05, 4.69) is 39.1 Å². The predicted octanol–water partition coefficient (Wildman–Crippen LogP) is 3.27. The number of methoxy groups -OCH3 is 1. The molecule has 2 N–H and O–H groups in total. The van der Waals surface area contributed by atoms with Crippen molar-refractivity contribution in [2.75, 3.05) is 31.6 Å². The van der Waals surface area contributed by atoms with E-state index in [1.54, 1.807) is 18.4 Å². The Morgan fingerprint density at radius 1 is 1.24 bits per heavy atom. The van der Waals surface area contributed by atoms with Gasteiger partial charge >= 0.3 is 6.03 Å². The van der Waals surface area contributed by atoms with Crippen molar-refractivity contribution >= 4 is 23.1 Å². The molecule has 0 atom stereocenters. The topological polar surface area (TPSA) is 53.6 Å². The summed E-state index contributed by atoms with van der Waals surface area (Å²) in [6.45, 7) is 2.58. The zero-order valence-corrected chi connectivity index (χ0v) is 15.3. The fourth-order valence-corrected chi connectivity index (χ4v) is 3.77. The summed E-state index contributed by atoms with van der Waals surface area (Å²) < 4.78 is 5.20. The molecule has 0 bridgehead atoms. The van der Waals surface area contributed by atoms with E-state index in [1.807, 2.05) is 18.2 Å². The number of benzene rings is 1. The maximum atomic E-state index is 12.0. The van der Waals surface area contributed by atoms with Gasteiger partial charge in [0.15, 0.2) is 0 Å². The fraction of sp³-hybridized carbons (Fsp3) is 0.421. The molecule has 1 aromatic heterocycles. The van der Waals surface area contributed by atoms with Crippen LogP contribution < -0.4 is 20.3 Å². The first kappa shape index (κ1) is 17.6. The minimum Gasteiger partial charge on any atom is -0.497 e. The molecule has 3 rings (SSSR count). The van der Waals surface area contributed by atoms with Gasteiger partial charge in [-0.2, -0.15) is 0 Å². The molecule has 1 fully saturated rings. The van der Waals surface area contributed by atoms with E-state index in [9.17, 15) is 4.79 Å². The lowest BCUT2D eigenvalue weighted by Gasteiger charge is -2.34. The van der Waals surface area contributed by atoms with Crippen LogP contribution in [-0.2, 0) is 6.42 Å². The summed E-state index contributed by atoms with van der Waals surface area (Å²) in [5.74, 6) is 0.875. The summed E-state index contributed by atoms with van der Waals surface area (Å²) in [5, 5.41) is 8.11. The van der Waals surface area contributed by atoms with E-state index in [0.717, 1.165) is 38.1 Å². The van der Waals surface area contributed by atoms with Crippen molar-refractivity contribution in [3.63, 3.8) is 0 Å². The van der Waals surface area contributed by atoms with Crippen molar-refractivity contribution in [2.24, 2.45) is 0 Å². The molecule has 2 aromatic rings. The second-order valence-corrected chi connectivity index (χ2v) is 7.22. The predicted molar refractivity (Wildman–Crippen MR) is 103 cm³/mol. The van der Waals surface area contributed by atoms with Gasteiger partial charge in [-0.15, -0.1) is 11.3 Å². The number of rotatable bonds is 6. The monoisotopic (exact) mass is 359 g/mol. The summed E-state index contributed by atoms with van der Waals surface area (Å²) in [5.41, 5.74) is 1.21.